The minimum absolute atomic E-state index is 0.0617. The van der Waals surface area contributed by atoms with Crippen LogP contribution < -0.4 is 10.6 Å². The van der Waals surface area contributed by atoms with E-state index in [4.69, 9.17) is 0 Å². The van der Waals surface area contributed by atoms with Crippen molar-refractivity contribution < 1.29 is 9.18 Å². The van der Waals surface area contributed by atoms with E-state index in [2.05, 4.69) is 10.6 Å². The van der Waals surface area contributed by atoms with E-state index in [1.54, 1.807) is 17.0 Å². The quantitative estimate of drug-likeness (QED) is 0.836. The average molecular weight is 251 g/mol. The van der Waals surface area contributed by atoms with Crippen LogP contribution in [0.15, 0.2) is 24.3 Å². The Labute approximate surface area is 106 Å². The molecule has 1 heterocycles. The predicted octanol–water partition coefficient (Wildman–Crippen LogP) is 1.50. The Bertz CT molecular complexity index is 401. The number of piperazine rings is 1. The molecule has 1 aromatic carbocycles. The van der Waals surface area contributed by atoms with Gasteiger partial charge in [0, 0.05) is 26.2 Å². The molecular weight excluding hydrogens is 233 g/mol. The summed E-state index contributed by atoms with van der Waals surface area (Å²) in [6.45, 7) is 5.01. The van der Waals surface area contributed by atoms with Crippen molar-refractivity contribution in [3.63, 3.8) is 0 Å². The van der Waals surface area contributed by atoms with E-state index < -0.39 is 0 Å². The standard InChI is InChI=1S/C13H18FN3O/c1-10(11-2-4-12(14)5-3-11)16-13(18)17-8-6-15-7-9-17/h2-5,10,15H,6-9H2,1H3,(H,16,18). The van der Waals surface area contributed by atoms with Crippen molar-refractivity contribution in [1.29, 1.82) is 0 Å². The Morgan fingerprint density at radius 1 is 1.33 bits per heavy atom. The predicted molar refractivity (Wildman–Crippen MR) is 67.8 cm³/mol. The van der Waals surface area contributed by atoms with Crippen LogP contribution in [0, 0.1) is 5.82 Å². The lowest BCUT2D eigenvalue weighted by atomic mass is 10.1. The first-order chi connectivity index (χ1) is 8.66. The zero-order valence-electron chi connectivity index (χ0n) is 10.4. The zero-order chi connectivity index (χ0) is 13.0. The molecule has 1 unspecified atom stereocenters. The van der Waals surface area contributed by atoms with Crippen LogP contribution >= 0.6 is 0 Å². The smallest absolute Gasteiger partial charge is 0.317 e. The molecule has 0 saturated carbocycles. The van der Waals surface area contributed by atoms with Crippen molar-refractivity contribution in [2.75, 3.05) is 26.2 Å². The molecule has 0 radical (unpaired) electrons. The molecule has 2 rings (SSSR count). The summed E-state index contributed by atoms with van der Waals surface area (Å²) in [7, 11) is 0. The van der Waals surface area contributed by atoms with Gasteiger partial charge < -0.3 is 15.5 Å². The summed E-state index contributed by atoms with van der Waals surface area (Å²) < 4.78 is 12.8. The molecule has 1 aromatic rings. The molecule has 0 aromatic heterocycles. The number of benzene rings is 1. The maximum atomic E-state index is 12.8. The third-order valence-corrected chi connectivity index (χ3v) is 3.11. The monoisotopic (exact) mass is 251 g/mol. The van der Waals surface area contributed by atoms with Gasteiger partial charge in [-0.05, 0) is 24.6 Å². The van der Waals surface area contributed by atoms with Crippen LogP contribution in [0.2, 0.25) is 0 Å². The van der Waals surface area contributed by atoms with Crippen molar-refractivity contribution >= 4 is 6.03 Å². The summed E-state index contributed by atoms with van der Waals surface area (Å²) in [5.74, 6) is -0.264. The van der Waals surface area contributed by atoms with E-state index in [-0.39, 0.29) is 17.9 Å². The van der Waals surface area contributed by atoms with Gasteiger partial charge in [-0.1, -0.05) is 12.1 Å². The number of urea groups is 1. The Morgan fingerprint density at radius 2 is 1.94 bits per heavy atom. The summed E-state index contributed by atoms with van der Waals surface area (Å²) in [5, 5.41) is 6.12. The number of carbonyl (C=O) groups is 1. The number of hydrogen-bond acceptors (Lipinski definition) is 2. The maximum absolute atomic E-state index is 12.8. The van der Waals surface area contributed by atoms with Crippen LogP contribution in [0.5, 0.6) is 0 Å². The van der Waals surface area contributed by atoms with Crippen molar-refractivity contribution in [1.82, 2.24) is 15.5 Å². The second-order valence-electron chi connectivity index (χ2n) is 4.46. The van der Waals surface area contributed by atoms with Gasteiger partial charge in [0.1, 0.15) is 5.82 Å². The molecule has 5 heteroatoms. The molecule has 1 fully saturated rings. The van der Waals surface area contributed by atoms with E-state index in [0.29, 0.717) is 0 Å². The van der Waals surface area contributed by atoms with Crippen molar-refractivity contribution in [2.24, 2.45) is 0 Å². The number of rotatable bonds is 2. The normalized spacial score (nSPS) is 17.3. The van der Waals surface area contributed by atoms with E-state index >= 15 is 0 Å². The van der Waals surface area contributed by atoms with Crippen LogP contribution in [0.25, 0.3) is 0 Å². The first kappa shape index (κ1) is 12.8. The Hall–Kier alpha value is -1.62. The van der Waals surface area contributed by atoms with Crippen molar-refractivity contribution in [3.05, 3.63) is 35.6 Å². The number of nitrogens with one attached hydrogen (secondary N) is 2. The van der Waals surface area contributed by atoms with Gasteiger partial charge in [0.25, 0.3) is 0 Å². The molecule has 1 atom stereocenters. The van der Waals surface area contributed by atoms with Gasteiger partial charge in [0.15, 0.2) is 0 Å². The maximum Gasteiger partial charge on any atom is 0.317 e. The average Bonchev–Trinajstić information content (AvgIpc) is 2.40. The Kier molecular flexibility index (Phi) is 4.15. The lowest BCUT2D eigenvalue weighted by Gasteiger charge is -2.29. The summed E-state index contributed by atoms with van der Waals surface area (Å²) in [5.41, 5.74) is 0.903. The highest BCUT2D eigenvalue weighted by Gasteiger charge is 2.18. The van der Waals surface area contributed by atoms with Crippen LogP contribution in [0.4, 0.5) is 9.18 Å². The minimum atomic E-state index is -0.264. The number of carbonyl (C=O) groups excluding carboxylic acids is 1. The van der Waals surface area contributed by atoms with Crippen LogP contribution in [0.3, 0.4) is 0 Å². The third-order valence-electron chi connectivity index (χ3n) is 3.11. The second-order valence-corrected chi connectivity index (χ2v) is 4.46. The van der Waals surface area contributed by atoms with Gasteiger partial charge in [0.05, 0.1) is 6.04 Å². The minimum Gasteiger partial charge on any atom is -0.331 e. The highest BCUT2D eigenvalue weighted by atomic mass is 19.1. The molecule has 18 heavy (non-hydrogen) atoms. The highest BCUT2D eigenvalue weighted by Crippen LogP contribution is 2.13. The molecule has 98 valence electrons. The van der Waals surface area contributed by atoms with E-state index in [9.17, 15) is 9.18 Å². The molecular formula is C13H18FN3O. The topological polar surface area (TPSA) is 44.4 Å². The van der Waals surface area contributed by atoms with Crippen molar-refractivity contribution in [2.45, 2.75) is 13.0 Å². The second kappa shape index (κ2) is 5.82. The van der Waals surface area contributed by atoms with Gasteiger partial charge in [-0.2, -0.15) is 0 Å². The van der Waals surface area contributed by atoms with Crippen molar-refractivity contribution in [3.8, 4) is 0 Å². The molecule has 4 nitrogen and oxygen atoms in total. The fourth-order valence-electron chi connectivity index (χ4n) is 1.98. The molecule has 2 N–H and O–H groups in total. The van der Waals surface area contributed by atoms with Crippen LogP contribution in [-0.2, 0) is 0 Å². The largest absolute Gasteiger partial charge is 0.331 e. The number of amides is 2. The van der Waals surface area contributed by atoms with Gasteiger partial charge >= 0.3 is 6.03 Å². The summed E-state index contributed by atoms with van der Waals surface area (Å²) in [6.07, 6.45) is 0. The fourth-order valence-corrected chi connectivity index (χ4v) is 1.98. The highest BCUT2D eigenvalue weighted by molar-refractivity contribution is 5.74. The van der Waals surface area contributed by atoms with E-state index in [0.717, 1.165) is 31.7 Å². The molecule has 0 aliphatic carbocycles. The number of halogens is 1. The first-order valence-electron chi connectivity index (χ1n) is 6.18. The summed E-state index contributed by atoms with van der Waals surface area (Å²) in [4.78, 5) is 13.7. The Balaban J connectivity index is 1.91. The lowest BCUT2D eigenvalue weighted by Crippen LogP contribution is -2.50. The molecule has 1 saturated heterocycles. The number of nitrogens with zero attached hydrogens (tertiary/aromatic N) is 1. The molecule has 1 aliphatic heterocycles. The van der Waals surface area contributed by atoms with E-state index in [1.807, 2.05) is 6.92 Å². The zero-order valence-corrected chi connectivity index (χ0v) is 10.4. The summed E-state index contributed by atoms with van der Waals surface area (Å²) in [6, 6.07) is 6.02. The van der Waals surface area contributed by atoms with Gasteiger partial charge in [-0.25, -0.2) is 9.18 Å². The summed E-state index contributed by atoms with van der Waals surface area (Å²) >= 11 is 0. The Morgan fingerprint density at radius 3 is 2.56 bits per heavy atom. The van der Waals surface area contributed by atoms with Gasteiger partial charge in [-0.3, -0.25) is 0 Å². The number of hydrogen-bond donors (Lipinski definition) is 2. The van der Waals surface area contributed by atoms with E-state index in [1.165, 1.54) is 12.1 Å². The fraction of sp³-hybridized carbons (Fsp3) is 0.462. The third kappa shape index (κ3) is 3.20. The first-order valence-corrected chi connectivity index (χ1v) is 6.18. The molecule has 1 aliphatic rings. The lowest BCUT2D eigenvalue weighted by molar-refractivity contribution is 0.187. The van der Waals surface area contributed by atoms with Crippen LogP contribution in [0.1, 0.15) is 18.5 Å². The molecule has 0 spiro atoms. The van der Waals surface area contributed by atoms with Gasteiger partial charge in [-0.15, -0.1) is 0 Å². The van der Waals surface area contributed by atoms with Gasteiger partial charge in [0.2, 0.25) is 0 Å². The van der Waals surface area contributed by atoms with Crippen LogP contribution in [-0.4, -0.2) is 37.1 Å². The molecule has 2 amide bonds. The SMILES string of the molecule is CC(NC(=O)N1CCNCC1)c1ccc(F)cc1. The molecule has 0 bridgehead atoms.